The Morgan fingerprint density at radius 2 is 1.69 bits per heavy atom. The second-order valence-electron chi connectivity index (χ2n) is 3.34. The van der Waals surface area contributed by atoms with E-state index >= 15 is 0 Å². The molecule has 3 nitrogen and oxygen atoms in total. The summed E-state index contributed by atoms with van der Waals surface area (Å²) in [5.41, 5.74) is 0.171. The Bertz CT molecular complexity index is 384. The molecular weight excluding hydrogens is 383 g/mol. The molecule has 0 fully saturated rings. The lowest BCUT2D eigenvalue weighted by atomic mass is 10.3. The van der Waals surface area contributed by atoms with Crippen LogP contribution in [0.4, 0.5) is 0 Å². The van der Waals surface area contributed by atoms with E-state index < -0.39 is 8.13 Å². The van der Waals surface area contributed by atoms with Gasteiger partial charge in [0.05, 0.1) is 0 Å². The van der Waals surface area contributed by atoms with Crippen LogP contribution in [0.2, 0.25) is 0 Å². The van der Waals surface area contributed by atoms with Gasteiger partial charge in [-0.25, -0.2) is 4.68 Å². The van der Waals surface area contributed by atoms with Crippen LogP contribution in [-0.4, -0.2) is 18.8 Å². The molecule has 1 aromatic heterocycles. The number of alkyl halides is 5. The maximum atomic E-state index is 5.98. The van der Waals surface area contributed by atoms with Gasteiger partial charge in [0.1, 0.15) is 10.3 Å². The summed E-state index contributed by atoms with van der Waals surface area (Å²) < 4.78 is -1.62. The van der Waals surface area contributed by atoms with Gasteiger partial charge < -0.3 is 0 Å². The fraction of sp³-hybridized carbons (Fsp3) is 0.714. The lowest BCUT2D eigenvalue weighted by Gasteiger charge is -2.25. The van der Waals surface area contributed by atoms with Crippen molar-refractivity contribution in [3.63, 3.8) is 0 Å². The Kier molecular flexibility index (Phi) is 4.71. The third-order valence-corrected chi connectivity index (χ3v) is 4.87. The molecule has 0 aromatic carbocycles. The standard InChI is InChI=1S/C7H7BrCl5N3/c1-3(2)16-5(8)4(14-15-16)6(9,10)7(11,12)13/h3H,1-2H3. The molecule has 0 aliphatic rings. The van der Waals surface area contributed by atoms with E-state index in [1.165, 1.54) is 0 Å². The third kappa shape index (κ3) is 2.73. The second-order valence-corrected chi connectivity index (χ2v) is 7.70. The fourth-order valence-electron chi connectivity index (χ4n) is 0.938. The van der Waals surface area contributed by atoms with E-state index in [9.17, 15) is 0 Å². The smallest absolute Gasteiger partial charge is 0.228 e. The molecule has 1 rings (SSSR count). The van der Waals surface area contributed by atoms with Crippen LogP contribution < -0.4 is 0 Å². The number of rotatable bonds is 2. The Morgan fingerprint density at radius 1 is 1.19 bits per heavy atom. The molecule has 0 bridgehead atoms. The molecule has 0 atom stereocenters. The van der Waals surface area contributed by atoms with Gasteiger partial charge in [0.2, 0.25) is 8.13 Å². The number of hydrogen-bond donors (Lipinski definition) is 0. The lowest BCUT2D eigenvalue weighted by molar-refractivity contribution is 0.505. The van der Waals surface area contributed by atoms with Crippen molar-refractivity contribution in [1.29, 1.82) is 0 Å². The van der Waals surface area contributed by atoms with Gasteiger partial charge in [0.25, 0.3) is 0 Å². The van der Waals surface area contributed by atoms with Crippen molar-refractivity contribution in [3.05, 3.63) is 10.3 Å². The Hall–Kier alpha value is 1.07. The molecule has 92 valence electrons. The highest BCUT2D eigenvalue weighted by molar-refractivity contribution is 9.10. The Labute approximate surface area is 126 Å². The molecule has 0 unspecified atom stereocenters. The maximum Gasteiger partial charge on any atom is 0.228 e. The monoisotopic (exact) mass is 387 g/mol. The van der Waals surface area contributed by atoms with Crippen LogP contribution >= 0.6 is 73.9 Å². The van der Waals surface area contributed by atoms with Gasteiger partial charge in [-0.1, -0.05) is 63.2 Å². The summed E-state index contributed by atoms with van der Waals surface area (Å²) in [6, 6.07) is 0.0788. The molecule has 0 spiro atoms. The van der Waals surface area contributed by atoms with Crippen LogP contribution in [0.1, 0.15) is 25.6 Å². The highest BCUT2D eigenvalue weighted by atomic mass is 79.9. The van der Waals surface area contributed by atoms with Gasteiger partial charge in [-0.2, -0.15) is 0 Å². The Balaban J connectivity index is 3.25. The van der Waals surface area contributed by atoms with Crippen LogP contribution in [-0.2, 0) is 4.33 Å². The minimum absolute atomic E-state index is 0.0788. The van der Waals surface area contributed by atoms with E-state index in [0.717, 1.165) is 0 Å². The second kappa shape index (κ2) is 4.98. The third-order valence-electron chi connectivity index (χ3n) is 1.78. The molecular formula is C7H7BrCl5N3. The number of halogens is 6. The SMILES string of the molecule is CC(C)n1nnc(C(Cl)(Cl)C(Cl)(Cl)Cl)c1Br. The summed E-state index contributed by atoms with van der Waals surface area (Å²) in [4.78, 5) is 0. The molecule has 0 aliphatic carbocycles. The van der Waals surface area contributed by atoms with E-state index in [2.05, 4.69) is 26.2 Å². The lowest BCUT2D eigenvalue weighted by Crippen LogP contribution is -2.29. The molecule has 0 saturated carbocycles. The van der Waals surface area contributed by atoms with E-state index in [0.29, 0.717) is 4.60 Å². The molecule has 0 saturated heterocycles. The van der Waals surface area contributed by atoms with Gasteiger partial charge in [-0.05, 0) is 29.8 Å². The first kappa shape index (κ1) is 15.1. The maximum absolute atomic E-state index is 5.98. The normalized spacial score (nSPS) is 13.6. The minimum Gasteiger partial charge on any atom is -0.235 e. The van der Waals surface area contributed by atoms with E-state index in [1.54, 1.807) is 4.68 Å². The van der Waals surface area contributed by atoms with Crippen LogP contribution in [0.5, 0.6) is 0 Å². The van der Waals surface area contributed by atoms with Gasteiger partial charge in [0.15, 0.2) is 0 Å². The van der Waals surface area contributed by atoms with Crippen molar-refractivity contribution in [2.24, 2.45) is 0 Å². The van der Waals surface area contributed by atoms with Gasteiger partial charge >= 0.3 is 0 Å². The van der Waals surface area contributed by atoms with E-state index in [4.69, 9.17) is 58.0 Å². The van der Waals surface area contributed by atoms with Crippen molar-refractivity contribution < 1.29 is 0 Å². The quantitative estimate of drug-likeness (QED) is 0.690. The van der Waals surface area contributed by atoms with Crippen molar-refractivity contribution in [2.75, 3.05) is 0 Å². The van der Waals surface area contributed by atoms with Crippen molar-refractivity contribution in [3.8, 4) is 0 Å². The van der Waals surface area contributed by atoms with Crippen LogP contribution in [0, 0.1) is 0 Å². The molecule has 0 aliphatic heterocycles. The Morgan fingerprint density at radius 3 is 2.00 bits per heavy atom. The fourth-order valence-corrected chi connectivity index (χ4v) is 2.55. The molecule has 0 radical (unpaired) electrons. The number of aromatic nitrogens is 3. The molecule has 0 amide bonds. The molecule has 1 heterocycles. The summed E-state index contributed by atoms with van der Waals surface area (Å²) in [6.45, 7) is 3.84. The summed E-state index contributed by atoms with van der Waals surface area (Å²) >= 11 is 32.3. The largest absolute Gasteiger partial charge is 0.235 e. The summed E-state index contributed by atoms with van der Waals surface area (Å²) in [5, 5.41) is 7.69. The zero-order chi connectivity index (χ0) is 12.7. The van der Waals surface area contributed by atoms with Gasteiger partial charge in [-0.3, -0.25) is 0 Å². The van der Waals surface area contributed by atoms with Crippen molar-refractivity contribution in [2.45, 2.75) is 28.0 Å². The van der Waals surface area contributed by atoms with E-state index in [1.807, 2.05) is 13.8 Å². The van der Waals surface area contributed by atoms with Gasteiger partial charge in [-0.15, -0.1) is 5.10 Å². The highest BCUT2D eigenvalue weighted by Crippen LogP contribution is 2.53. The van der Waals surface area contributed by atoms with E-state index in [-0.39, 0.29) is 11.7 Å². The predicted octanol–water partition coefficient (Wildman–Crippen LogP) is 4.62. The summed E-state index contributed by atoms with van der Waals surface area (Å²) in [7, 11) is 0. The molecule has 1 aromatic rings. The minimum atomic E-state index is -1.91. The zero-order valence-electron chi connectivity index (χ0n) is 8.19. The zero-order valence-corrected chi connectivity index (χ0v) is 13.6. The highest BCUT2D eigenvalue weighted by Gasteiger charge is 2.51. The predicted molar refractivity (Wildman–Crippen MR) is 71.8 cm³/mol. The molecule has 16 heavy (non-hydrogen) atoms. The summed E-state index contributed by atoms with van der Waals surface area (Å²) in [6.07, 6.45) is 0. The van der Waals surface area contributed by atoms with Gasteiger partial charge in [0, 0.05) is 6.04 Å². The summed E-state index contributed by atoms with van der Waals surface area (Å²) in [5.74, 6) is 0. The van der Waals surface area contributed by atoms with Crippen LogP contribution in [0.15, 0.2) is 4.60 Å². The number of hydrogen-bond acceptors (Lipinski definition) is 2. The molecule has 0 N–H and O–H groups in total. The van der Waals surface area contributed by atoms with Crippen LogP contribution in [0.3, 0.4) is 0 Å². The first-order chi connectivity index (χ1) is 7.09. The topological polar surface area (TPSA) is 30.7 Å². The first-order valence-electron chi connectivity index (χ1n) is 4.14. The average molecular weight is 390 g/mol. The van der Waals surface area contributed by atoms with Crippen molar-refractivity contribution >= 4 is 73.9 Å². The first-order valence-corrected chi connectivity index (χ1v) is 6.83. The van der Waals surface area contributed by atoms with Crippen molar-refractivity contribution in [1.82, 2.24) is 15.0 Å². The van der Waals surface area contributed by atoms with Crippen LogP contribution in [0.25, 0.3) is 0 Å². The molecule has 9 heteroatoms. The number of nitrogens with zero attached hydrogens (tertiary/aromatic N) is 3. The average Bonchev–Trinajstić information content (AvgIpc) is 2.44.